The first-order chi connectivity index (χ1) is 16.3. The van der Waals surface area contributed by atoms with Crippen molar-refractivity contribution in [2.75, 3.05) is 13.1 Å². The average molecular weight is 465 g/mol. The number of aromatic nitrogens is 3. The van der Waals surface area contributed by atoms with Gasteiger partial charge in [0, 0.05) is 18.5 Å². The zero-order chi connectivity index (χ0) is 23.7. The molecular weight excluding hydrogens is 438 g/mol. The van der Waals surface area contributed by atoms with E-state index in [1.165, 1.54) is 30.7 Å². The fourth-order valence-corrected chi connectivity index (χ4v) is 7.20. The molecule has 6 rings (SSSR count). The van der Waals surface area contributed by atoms with Crippen molar-refractivity contribution in [1.82, 2.24) is 20.3 Å². The second kappa shape index (κ2) is 7.42. The lowest BCUT2D eigenvalue weighted by atomic mass is 9.59. The van der Waals surface area contributed by atoms with Gasteiger partial charge in [-0.1, -0.05) is 25.1 Å². The maximum absolute atomic E-state index is 14.5. The Hall–Kier alpha value is -3.16. The summed E-state index contributed by atoms with van der Waals surface area (Å²) in [7, 11) is 0. The minimum atomic E-state index is -0.637. The maximum Gasteiger partial charge on any atom is 0.258 e. The van der Waals surface area contributed by atoms with Crippen LogP contribution in [0.2, 0.25) is 0 Å². The van der Waals surface area contributed by atoms with Crippen LogP contribution in [-0.4, -0.2) is 39.3 Å². The number of hydrogen-bond acceptors (Lipinski definition) is 5. The summed E-state index contributed by atoms with van der Waals surface area (Å²) in [5, 5.41) is 12.7. The third-order valence-corrected chi connectivity index (χ3v) is 8.77. The van der Waals surface area contributed by atoms with Crippen molar-refractivity contribution in [1.29, 1.82) is 0 Å². The number of likely N-dealkylation sites (tertiary alicyclic amines) is 1. The molecule has 2 fully saturated rings. The first-order valence-electron chi connectivity index (χ1n) is 11.9. The number of fused-ring (bicyclic) bond motifs is 5. The standard InChI is InChI=1S/C26H26F2N4O2/c1-25(2)18-8-9-26(25,16-5-4-10-32(13-16)24(33)15-12-29-34-14-15)23-17(18)11-21(30-31-23)22-19(27)6-3-7-20(22)28/h3,6-7,11-12,14,16,18H,4-5,8-10,13H2,1-2H3/t16-,18-,26?/m0/s1. The second-order valence-corrected chi connectivity index (χ2v) is 10.4. The van der Waals surface area contributed by atoms with E-state index in [9.17, 15) is 13.6 Å². The Labute approximate surface area is 196 Å². The van der Waals surface area contributed by atoms with Gasteiger partial charge in [-0.15, -0.1) is 0 Å². The largest absolute Gasteiger partial charge is 0.364 e. The van der Waals surface area contributed by atoms with E-state index in [0.29, 0.717) is 18.7 Å². The van der Waals surface area contributed by atoms with Gasteiger partial charge in [0.2, 0.25) is 0 Å². The fourth-order valence-electron chi connectivity index (χ4n) is 7.20. The molecule has 1 saturated carbocycles. The molecule has 3 heterocycles. The first-order valence-corrected chi connectivity index (χ1v) is 11.9. The van der Waals surface area contributed by atoms with E-state index in [1.807, 2.05) is 11.0 Å². The highest BCUT2D eigenvalue weighted by Gasteiger charge is 2.66. The minimum Gasteiger partial charge on any atom is -0.364 e. The predicted octanol–water partition coefficient (Wildman–Crippen LogP) is 5.12. The summed E-state index contributed by atoms with van der Waals surface area (Å²) in [6.45, 7) is 5.88. The second-order valence-electron chi connectivity index (χ2n) is 10.4. The molecule has 34 heavy (non-hydrogen) atoms. The Morgan fingerprint density at radius 1 is 1.18 bits per heavy atom. The smallest absolute Gasteiger partial charge is 0.258 e. The van der Waals surface area contributed by atoms with Crippen LogP contribution in [0.1, 0.15) is 67.1 Å². The molecule has 176 valence electrons. The quantitative estimate of drug-likeness (QED) is 0.538. The normalized spacial score (nSPS) is 27.1. The Morgan fingerprint density at radius 3 is 2.71 bits per heavy atom. The summed E-state index contributed by atoms with van der Waals surface area (Å²) in [6, 6.07) is 5.69. The van der Waals surface area contributed by atoms with Gasteiger partial charge < -0.3 is 9.42 Å². The molecule has 1 aromatic carbocycles. The van der Waals surface area contributed by atoms with Crippen LogP contribution in [0.25, 0.3) is 11.3 Å². The topological polar surface area (TPSA) is 72.1 Å². The van der Waals surface area contributed by atoms with Crippen LogP contribution < -0.4 is 0 Å². The molecule has 0 N–H and O–H groups in total. The van der Waals surface area contributed by atoms with E-state index in [1.54, 1.807) is 0 Å². The Morgan fingerprint density at radius 2 is 1.97 bits per heavy atom. The van der Waals surface area contributed by atoms with Crippen molar-refractivity contribution in [3.05, 3.63) is 65.2 Å². The summed E-state index contributed by atoms with van der Waals surface area (Å²) in [4.78, 5) is 14.9. The van der Waals surface area contributed by atoms with Crippen molar-refractivity contribution < 1.29 is 18.1 Å². The number of hydrogen-bond donors (Lipinski definition) is 0. The van der Waals surface area contributed by atoms with Crippen LogP contribution in [-0.2, 0) is 5.41 Å². The van der Waals surface area contributed by atoms with E-state index in [4.69, 9.17) is 4.52 Å². The van der Waals surface area contributed by atoms with Crippen molar-refractivity contribution in [2.45, 2.75) is 50.9 Å². The molecule has 1 amide bonds. The summed E-state index contributed by atoms with van der Waals surface area (Å²) in [6.07, 6.45) is 6.71. The molecule has 2 aromatic heterocycles. The third-order valence-electron chi connectivity index (χ3n) is 8.77. The molecule has 0 spiro atoms. The van der Waals surface area contributed by atoms with Crippen LogP contribution in [0, 0.1) is 23.0 Å². The van der Waals surface area contributed by atoms with Crippen molar-refractivity contribution >= 4 is 5.91 Å². The molecule has 1 aliphatic heterocycles. The van der Waals surface area contributed by atoms with Gasteiger partial charge in [-0.25, -0.2) is 8.78 Å². The van der Waals surface area contributed by atoms with E-state index in [0.717, 1.165) is 36.9 Å². The lowest BCUT2D eigenvalue weighted by Gasteiger charge is -2.48. The predicted molar refractivity (Wildman–Crippen MR) is 120 cm³/mol. The summed E-state index contributed by atoms with van der Waals surface area (Å²) in [5.74, 6) is -0.889. The molecule has 2 aliphatic carbocycles. The van der Waals surface area contributed by atoms with Crippen LogP contribution in [0.4, 0.5) is 8.78 Å². The highest BCUT2D eigenvalue weighted by molar-refractivity contribution is 5.93. The number of carbonyl (C=O) groups excluding carboxylic acids is 1. The Balaban J connectivity index is 1.40. The van der Waals surface area contributed by atoms with Gasteiger partial charge in [-0.2, -0.15) is 10.2 Å². The number of rotatable bonds is 3. The van der Waals surface area contributed by atoms with Gasteiger partial charge in [0.1, 0.15) is 17.9 Å². The number of halogens is 2. The first kappa shape index (κ1) is 21.4. The molecule has 6 nitrogen and oxygen atoms in total. The fraction of sp³-hybridized carbons (Fsp3) is 0.462. The SMILES string of the molecule is CC1(C)[C@H]2CCC1([C@H]1CCCN(C(=O)c3cnoc3)C1)c1nnc(-c3c(F)cccc3F)cc12. The molecule has 3 atom stereocenters. The monoisotopic (exact) mass is 464 g/mol. The van der Waals surface area contributed by atoms with Crippen LogP contribution in [0.3, 0.4) is 0 Å². The molecule has 3 aliphatic rings. The van der Waals surface area contributed by atoms with Gasteiger partial charge in [0.05, 0.1) is 28.7 Å². The maximum atomic E-state index is 14.5. The summed E-state index contributed by atoms with van der Waals surface area (Å²) in [5.41, 5.74) is 2.22. The van der Waals surface area contributed by atoms with Gasteiger partial charge in [-0.05, 0) is 66.7 Å². The van der Waals surface area contributed by atoms with E-state index in [2.05, 4.69) is 29.2 Å². The van der Waals surface area contributed by atoms with E-state index < -0.39 is 11.6 Å². The highest BCUT2D eigenvalue weighted by atomic mass is 19.1. The Bertz CT molecular complexity index is 1260. The highest BCUT2D eigenvalue weighted by Crippen LogP contribution is 2.70. The summed E-state index contributed by atoms with van der Waals surface area (Å²) >= 11 is 0. The molecule has 1 unspecified atom stereocenters. The summed E-state index contributed by atoms with van der Waals surface area (Å²) < 4.78 is 33.8. The Kier molecular flexibility index (Phi) is 4.66. The molecule has 2 bridgehead atoms. The van der Waals surface area contributed by atoms with Gasteiger partial charge in [0.25, 0.3) is 5.91 Å². The van der Waals surface area contributed by atoms with Crippen molar-refractivity contribution in [3.63, 3.8) is 0 Å². The lowest BCUT2D eigenvalue weighted by molar-refractivity contribution is 0.0423. The van der Waals surface area contributed by atoms with E-state index in [-0.39, 0.29) is 39.8 Å². The zero-order valence-electron chi connectivity index (χ0n) is 19.2. The number of amides is 1. The van der Waals surface area contributed by atoms with Crippen molar-refractivity contribution in [2.24, 2.45) is 11.3 Å². The van der Waals surface area contributed by atoms with Gasteiger partial charge >= 0.3 is 0 Å². The van der Waals surface area contributed by atoms with Crippen molar-refractivity contribution in [3.8, 4) is 11.3 Å². The number of piperidine rings is 1. The number of carbonyl (C=O) groups is 1. The molecule has 3 aromatic rings. The number of nitrogens with zero attached hydrogens (tertiary/aromatic N) is 4. The molecule has 8 heteroatoms. The van der Waals surface area contributed by atoms with Crippen LogP contribution >= 0.6 is 0 Å². The van der Waals surface area contributed by atoms with E-state index >= 15 is 0 Å². The van der Waals surface area contributed by atoms with Crippen LogP contribution in [0.5, 0.6) is 0 Å². The lowest BCUT2D eigenvalue weighted by Crippen LogP contribution is -2.51. The van der Waals surface area contributed by atoms with Gasteiger partial charge in [-0.3, -0.25) is 4.79 Å². The third kappa shape index (κ3) is 2.77. The number of benzene rings is 1. The molecule has 0 radical (unpaired) electrons. The van der Waals surface area contributed by atoms with Gasteiger partial charge in [0.15, 0.2) is 0 Å². The average Bonchev–Trinajstić information content (AvgIpc) is 3.50. The van der Waals surface area contributed by atoms with Crippen LogP contribution in [0.15, 0.2) is 41.2 Å². The molecular formula is C26H26F2N4O2. The minimum absolute atomic E-state index is 0.0654. The zero-order valence-corrected chi connectivity index (χ0v) is 19.2. The molecule has 1 saturated heterocycles.